The summed E-state index contributed by atoms with van der Waals surface area (Å²) in [4.78, 5) is 28.6. The van der Waals surface area contributed by atoms with Crippen molar-refractivity contribution in [3.05, 3.63) is 76.0 Å². The minimum absolute atomic E-state index is 0.0106. The van der Waals surface area contributed by atoms with E-state index < -0.39 is 17.7 Å². The van der Waals surface area contributed by atoms with Crippen molar-refractivity contribution in [1.82, 2.24) is 0 Å². The molecular formula is C25H23NO6S. The number of nitrogens with zero attached hydrogens (tertiary/aromatic N) is 1. The third-order valence-corrected chi connectivity index (χ3v) is 6.25. The van der Waals surface area contributed by atoms with Gasteiger partial charge in [-0.15, -0.1) is 11.3 Å². The molecule has 2 heterocycles. The van der Waals surface area contributed by atoms with Crippen molar-refractivity contribution in [2.24, 2.45) is 0 Å². The van der Waals surface area contributed by atoms with Gasteiger partial charge in [-0.2, -0.15) is 0 Å². The lowest BCUT2D eigenvalue weighted by Gasteiger charge is -2.24. The highest BCUT2D eigenvalue weighted by Gasteiger charge is 2.47. The summed E-state index contributed by atoms with van der Waals surface area (Å²) < 4.78 is 16.2. The molecule has 33 heavy (non-hydrogen) atoms. The van der Waals surface area contributed by atoms with E-state index in [1.165, 1.54) is 30.5 Å². The predicted octanol–water partition coefficient (Wildman–Crippen LogP) is 4.79. The summed E-state index contributed by atoms with van der Waals surface area (Å²) >= 11 is 1.40. The van der Waals surface area contributed by atoms with Gasteiger partial charge in [-0.3, -0.25) is 14.5 Å². The van der Waals surface area contributed by atoms with Crippen LogP contribution in [0.5, 0.6) is 17.2 Å². The zero-order chi connectivity index (χ0) is 23.5. The van der Waals surface area contributed by atoms with Crippen molar-refractivity contribution in [3.63, 3.8) is 0 Å². The van der Waals surface area contributed by atoms with E-state index in [9.17, 15) is 14.7 Å². The monoisotopic (exact) mass is 465 g/mol. The Morgan fingerprint density at radius 3 is 2.48 bits per heavy atom. The molecule has 1 amide bonds. The predicted molar refractivity (Wildman–Crippen MR) is 126 cm³/mol. The summed E-state index contributed by atoms with van der Waals surface area (Å²) in [6.07, 6.45) is 0. The largest absolute Gasteiger partial charge is 0.507 e. The lowest BCUT2D eigenvalue weighted by molar-refractivity contribution is -0.132. The van der Waals surface area contributed by atoms with Crippen LogP contribution in [0, 0.1) is 0 Å². The van der Waals surface area contributed by atoms with Gasteiger partial charge in [0.05, 0.1) is 26.4 Å². The molecule has 170 valence electrons. The number of hydrogen-bond donors (Lipinski definition) is 1. The molecule has 0 bridgehead atoms. The van der Waals surface area contributed by atoms with Crippen molar-refractivity contribution in [3.8, 4) is 17.2 Å². The number of hydrogen-bond acceptors (Lipinski definition) is 7. The van der Waals surface area contributed by atoms with Crippen molar-refractivity contribution < 1.29 is 28.9 Å². The molecule has 4 rings (SSSR count). The molecule has 7 nitrogen and oxygen atoms in total. The third kappa shape index (κ3) is 4.05. The molecule has 1 fully saturated rings. The van der Waals surface area contributed by atoms with Gasteiger partial charge >= 0.3 is 0 Å². The summed E-state index contributed by atoms with van der Waals surface area (Å²) in [5.41, 5.74) is 0.861. The smallest absolute Gasteiger partial charge is 0.300 e. The molecule has 1 aromatic heterocycles. The minimum atomic E-state index is -0.782. The fraction of sp³-hybridized carbons (Fsp3) is 0.200. The first-order valence-electron chi connectivity index (χ1n) is 10.3. The summed E-state index contributed by atoms with van der Waals surface area (Å²) in [5, 5.41) is 13.1. The zero-order valence-corrected chi connectivity index (χ0v) is 19.2. The van der Waals surface area contributed by atoms with Crippen LogP contribution in [0.2, 0.25) is 0 Å². The minimum Gasteiger partial charge on any atom is -0.507 e. The first kappa shape index (κ1) is 22.4. The van der Waals surface area contributed by atoms with Gasteiger partial charge in [0.2, 0.25) is 0 Å². The van der Waals surface area contributed by atoms with Gasteiger partial charge in [0.25, 0.3) is 11.7 Å². The fourth-order valence-corrected chi connectivity index (χ4v) is 4.67. The Balaban J connectivity index is 1.89. The maximum Gasteiger partial charge on any atom is 0.300 e. The Labute approximate surface area is 195 Å². The number of ketones is 1. The second kappa shape index (κ2) is 9.38. The standard InChI is InChI=1S/C25H23NO6S/c1-4-32-17-8-5-7-16(14-17)26-22(20-9-6-12-33-20)21(24(28)25(26)29)23(27)15-10-11-18(30-2)19(13-15)31-3/h5-14,22,27H,4H2,1-3H3/b23-21-. The summed E-state index contributed by atoms with van der Waals surface area (Å²) in [6.45, 7) is 2.34. The Morgan fingerprint density at radius 1 is 1.03 bits per heavy atom. The van der Waals surface area contributed by atoms with Gasteiger partial charge < -0.3 is 19.3 Å². The molecule has 3 aromatic rings. The van der Waals surface area contributed by atoms with Crippen LogP contribution in [-0.4, -0.2) is 37.6 Å². The molecule has 1 aliphatic rings. The molecule has 1 N–H and O–H groups in total. The maximum absolute atomic E-state index is 13.2. The SMILES string of the molecule is CCOc1cccc(N2C(=O)C(=O)/C(=C(\O)c3ccc(OC)c(OC)c3)C2c2cccs2)c1. The van der Waals surface area contributed by atoms with Crippen LogP contribution >= 0.6 is 11.3 Å². The number of carbonyl (C=O) groups excluding carboxylic acids is 2. The van der Waals surface area contributed by atoms with Crippen LogP contribution in [0.3, 0.4) is 0 Å². The van der Waals surface area contributed by atoms with Crippen molar-refractivity contribution in [2.45, 2.75) is 13.0 Å². The molecule has 1 atom stereocenters. The number of thiophene rings is 1. The maximum atomic E-state index is 13.2. The van der Waals surface area contributed by atoms with Crippen LogP contribution in [-0.2, 0) is 9.59 Å². The van der Waals surface area contributed by atoms with Gasteiger partial charge in [-0.25, -0.2) is 0 Å². The van der Waals surface area contributed by atoms with E-state index >= 15 is 0 Å². The fourth-order valence-electron chi connectivity index (χ4n) is 3.84. The number of amides is 1. The Morgan fingerprint density at radius 2 is 1.82 bits per heavy atom. The van der Waals surface area contributed by atoms with Crippen LogP contribution in [0.1, 0.15) is 23.4 Å². The third-order valence-electron chi connectivity index (χ3n) is 5.32. The number of carbonyl (C=O) groups is 2. The van der Waals surface area contributed by atoms with E-state index in [4.69, 9.17) is 14.2 Å². The van der Waals surface area contributed by atoms with Gasteiger partial charge in [-0.05, 0) is 48.7 Å². The van der Waals surface area contributed by atoms with Gasteiger partial charge in [0.1, 0.15) is 17.6 Å². The number of methoxy groups -OCH3 is 2. The van der Waals surface area contributed by atoms with E-state index in [1.807, 2.05) is 24.4 Å². The van der Waals surface area contributed by atoms with E-state index in [0.29, 0.717) is 35.1 Å². The average Bonchev–Trinajstić information content (AvgIpc) is 3.45. The molecule has 1 aliphatic heterocycles. The number of Topliss-reactive ketones (excluding diaryl/α,β-unsaturated/α-hetero) is 1. The van der Waals surface area contributed by atoms with Crippen LogP contribution in [0.15, 0.2) is 65.6 Å². The number of anilines is 1. The van der Waals surface area contributed by atoms with E-state index in [0.717, 1.165) is 4.88 Å². The zero-order valence-electron chi connectivity index (χ0n) is 18.4. The summed E-state index contributed by atoms with van der Waals surface area (Å²) in [7, 11) is 2.99. The van der Waals surface area contributed by atoms with Crippen LogP contribution < -0.4 is 19.1 Å². The second-order valence-electron chi connectivity index (χ2n) is 7.18. The number of ether oxygens (including phenoxy) is 3. The first-order valence-corrected chi connectivity index (χ1v) is 11.2. The molecule has 1 saturated heterocycles. The number of aliphatic hydroxyl groups is 1. The number of aliphatic hydroxyl groups excluding tert-OH is 1. The number of benzene rings is 2. The normalized spacial score (nSPS) is 17.3. The van der Waals surface area contributed by atoms with E-state index in [-0.39, 0.29) is 11.3 Å². The lowest BCUT2D eigenvalue weighted by atomic mass is 9.99. The molecule has 1 unspecified atom stereocenters. The van der Waals surface area contributed by atoms with Crippen molar-refractivity contribution >= 4 is 34.5 Å². The highest BCUT2D eigenvalue weighted by molar-refractivity contribution is 7.10. The molecule has 8 heteroatoms. The number of rotatable bonds is 7. The highest BCUT2D eigenvalue weighted by Crippen LogP contribution is 2.44. The Bertz CT molecular complexity index is 1220. The average molecular weight is 466 g/mol. The summed E-state index contributed by atoms with van der Waals surface area (Å²) in [6, 6.07) is 14.7. The Kier molecular flexibility index (Phi) is 6.37. The molecule has 0 aliphatic carbocycles. The molecule has 0 radical (unpaired) electrons. The van der Waals surface area contributed by atoms with E-state index in [1.54, 1.807) is 42.5 Å². The second-order valence-corrected chi connectivity index (χ2v) is 8.16. The van der Waals surface area contributed by atoms with Gasteiger partial charge in [0, 0.05) is 22.2 Å². The quantitative estimate of drug-likeness (QED) is 0.307. The lowest BCUT2D eigenvalue weighted by Crippen LogP contribution is -2.29. The van der Waals surface area contributed by atoms with Gasteiger partial charge in [0.15, 0.2) is 11.5 Å². The molecule has 0 saturated carbocycles. The van der Waals surface area contributed by atoms with Crippen LogP contribution in [0.4, 0.5) is 5.69 Å². The first-order chi connectivity index (χ1) is 16.0. The molecular weight excluding hydrogens is 442 g/mol. The Hall–Kier alpha value is -3.78. The van der Waals surface area contributed by atoms with Gasteiger partial charge in [-0.1, -0.05) is 12.1 Å². The molecule has 2 aromatic carbocycles. The van der Waals surface area contributed by atoms with Crippen molar-refractivity contribution in [1.29, 1.82) is 0 Å². The highest BCUT2D eigenvalue weighted by atomic mass is 32.1. The molecule has 0 spiro atoms. The summed E-state index contributed by atoms with van der Waals surface area (Å²) in [5.74, 6) is -0.297. The van der Waals surface area contributed by atoms with E-state index in [2.05, 4.69) is 0 Å². The van der Waals surface area contributed by atoms with Crippen molar-refractivity contribution in [2.75, 3.05) is 25.7 Å². The topological polar surface area (TPSA) is 85.3 Å². The van der Waals surface area contributed by atoms with Crippen LogP contribution in [0.25, 0.3) is 5.76 Å².